The Morgan fingerprint density at radius 3 is 2.30 bits per heavy atom. The van der Waals surface area contributed by atoms with Crippen LogP contribution in [0.25, 0.3) is 0 Å². The molecule has 1 aromatic rings. The lowest BCUT2D eigenvalue weighted by Crippen LogP contribution is -2.38. The number of hydrogen-bond acceptors (Lipinski definition) is 2. The Morgan fingerprint density at radius 2 is 1.85 bits per heavy atom. The minimum Gasteiger partial charge on any atom is -0.366 e. The molecule has 2 N–H and O–H groups in total. The van der Waals surface area contributed by atoms with Crippen molar-refractivity contribution in [2.45, 2.75) is 53.0 Å². The Hall–Kier alpha value is -1.09. The Balaban J connectivity index is 3.06. The monoisotopic (exact) mass is 280 g/mol. The molecule has 0 aliphatic rings. The lowest BCUT2D eigenvalue weighted by atomic mass is 10.0. The maximum absolute atomic E-state index is 14.4. The van der Waals surface area contributed by atoms with Gasteiger partial charge in [0, 0.05) is 12.6 Å². The van der Waals surface area contributed by atoms with Gasteiger partial charge in [-0.05, 0) is 49.4 Å². The summed E-state index contributed by atoms with van der Waals surface area (Å²) in [5, 5.41) is 0. The average molecular weight is 280 g/mol. The van der Waals surface area contributed by atoms with Gasteiger partial charge in [-0.2, -0.15) is 0 Å². The van der Waals surface area contributed by atoms with Crippen molar-refractivity contribution in [2.24, 2.45) is 11.7 Å². The van der Waals surface area contributed by atoms with E-state index in [-0.39, 0.29) is 5.82 Å². The Bertz CT molecular complexity index is 400. The molecule has 0 atom stereocenters. The molecule has 0 heterocycles. The van der Waals surface area contributed by atoms with E-state index in [1.807, 2.05) is 12.1 Å². The number of hydrogen-bond donors (Lipinski definition) is 1. The first kappa shape index (κ1) is 17.0. The predicted octanol–water partition coefficient (Wildman–Crippen LogP) is 3.98. The van der Waals surface area contributed by atoms with E-state index >= 15 is 0 Å². The molecule has 1 aromatic carbocycles. The molecular weight excluding hydrogens is 251 g/mol. The molecule has 114 valence electrons. The van der Waals surface area contributed by atoms with Gasteiger partial charge in [-0.15, -0.1) is 0 Å². The fraction of sp³-hybridized carbons (Fsp3) is 0.647. The van der Waals surface area contributed by atoms with Gasteiger partial charge in [0.05, 0.1) is 5.69 Å². The van der Waals surface area contributed by atoms with Crippen LogP contribution in [0.1, 0.15) is 46.1 Å². The van der Waals surface area contributed by atoms with E-state index in [1.165, 1.54) is 0 Å². The third-order valence-electron chi connectivity index (χ3n) is 3.70. The van der Waals surface area contributed by atoms with Crippen molar-refractivity contribution in [2.75, 3.05) is 18.0 Å². The maximum Gasteiger partial charge on any atom is 0.146 e. The second kappa shape index (κ2) is 8.25. The number of anilines is 1. The first-order chi connectivity index (χ1) is 9.53. The summed E-state index contributed by atoms with van der Waals surface area (Å²) in [4.78, 5) is 2.23. The quantitative estimate of drug-likeness (QED) is 0.780. The summed E-state index contributed by atoms with van der Waals surface area (Å²) in [6.07, 6.45) is 2.80. The summed E-state index contributed by atoms with van der Waals surface area (Å²) in [5.41, 5.74) is 7.24. The van der Waals surface area contributed by atoms with Gasteiger partial charge in [-0.25, -0.2) is 4.39 Å². The Kier molecular flexibility index (Phi) is 7.00. The SMILES string of the molecule is CCC(CC)N(CC(C)C)c1ccc(CCN)cc1F. The van der Waals surface area contributed by atoms with Crippen LogP contribution in [0.4, 0.5) is 10.1 Å². The third kappa shape index (κ3) is 4.48. The smallest absolute Gasteiger partial charge is 0.146 e. The summed E-state index contributed by atoms with van der Waals surface area (Å²) in [6.45, 7) is 10.1. The largest absolute Gasteiger partial charge is 0.366 e. The van der Waals surface area contributed by atoms with E-state index in [2.05, 4.69) is 32.6 Å². The summed E-state index contributed by atoms with van der Waals surface area (Å²) in [5.74, 6) is 0.391. The van der Waals surface area contributed by atoms with Crippen molar-refractivity contribution in [3.63, 3.8) is 0 Å². The van der Waals surface area contributed by atoms with Crippen molar-refractivity contribution >= 4 is 5.69 Å². The molecule has 0 unspecified atom stereocenters. The van der Waals surface area contributed by atoms with Gasteiger partial charge in [0.15, 0.2) is 0 Å². The van der Waals surface area contributed by atoms with Crippen LogP contribution in [0, 0.1) is 11.7 Å². The van der Waals surface area contributed by atoms with Crippen LogP contribution in [0.15, 0.2) is 18.2 Å². The molecule has 0 saturated heterocycles. The molecule has 0 aliphatic heterocycles. The van der Waals surface area contributed by atoms with Gasteiger partial charge >= 0.3 is 0 Å². The van der Waals surface area contributed by atoms with Crippen molar-refractivity contribution in [1.82, 2.24) is 0 Å². The minimum atomic E-state index is -0.122. The van der Waals surface area contributed by atoms with E-state index in [0.717, 1.165) is 37.1 Å². The number of halogens is 1. The molecule has 0 aromatic heterocycles. The lowest BCUT2D eigenvalue weighted by molar-refractivity contribution is 0.496. The highest BCUT2D eigenvalue weighted by Crippen LogP contribution is 2.26. The van der Waals surface area contributed by atoms with Gasteiger partial charge in [0.25, 0.3) is 0 Å². The highest BCUT2D eigenvalue weighted by Gasteiger charge is 2.20. The standard InChI is InChI=1S/C17H29FN2/c1-5-15(6-2)20(12-13(3)4)17-8-7-14(9-10-19)11-16(17)18/h7-8,11,13,15H,5-6,9-10,12,19H2,1-4H3. The number of nitrogens with zero attached hydrogens (tertiary/aromatic N) is 1. The molecule has 0 fully saturated rings. The molecular formula is C17H29FN2. The average Bonchev–Trinajstić information content (AvgIpc) is 2.39. The molecule has 0 radical (unpaired) electrons. The predicted molar refractivity (Wildman–Crippen MR) is 85.7 cm³/mol. The van der Waals surface area contributed by atoms with E-state index in [1.54, 1.807) is 6.07 Å². The van der Waals surface area contributed by atoms with Crippen molar-refractivity contribution < 1.29 is 4.39 Å². The summed E-state index contributed by atoms with van der Waals surface area (Å²) in [6, 6.07) is 5.95. The van der Waals surface area contributed by atoms with Crippen LogP contribution in [0.3, 0.4) is 0 Å². The molecule has 0 saturated carbocycles. The molecule has 0 spiro atoms. The van der Waals surface area contributed by atoms with Crippen molar-refractivity contribution in [3.8, 4) is 0 Å². The highest BCUT2D eigenvalue weighted by atomic mass is 19.1. The first-order valence-corrected chi connectivity index (χ1v) is 7.78. The lowest BCUT2D eigenvalue weighted by Gasteiger charge is -2.34. The van der Waals surface area contributed by atoms with E-state index in [9.17, 15) is 4.39 Å². The minimum absolute atomic E-state index is 0.122. The topological polar surface area (TPSA) is 29.3 Å². The van der Waals surface area contributed by atoms with Crippen LogP contribution in [0.2, 0.25) is 0 Å². The van der Waals surface area contributed by atoms with Gasteiger partial charge < -0.3 is 10.6 Å². The molecule has 0 bridgehead atoms. The Labute approximate surface area is 123 Å². The van der Waals surface area contributed by atoms with Crippen LogP contribution in [0.5, 0.6) is 0 Å². The van der Waals surface area contributed by atoms with E-state index < -0.39 is 0 Å². The fourth-order valence-electron chi connectivity index (χ4n) is 2.67. The van der Waals surface area contributed by atoms with Gasteiger partial charge in [0.2, 0.25) is 0 Å². The van der Waals surface area contributed by atoms with E-state index in [0.29, 0.717) is 18.5 Å². The molecule has 0 amide bonds. The summed E-state index contributed by atoms with van der Waals surface area (Å²) < 4.78 is 14.4. The number of nitrogens with two attached hydrogens (primary N) is 1. The van der Waals surface area contributed by atoms with Crippen LogP contribution < -0.4 is 10.6 Å². The van der Waals surface area contributed by atoms with E-state index in [4.69, 9.17) is 5.73 Å². The molecule has 1 rings (SSSR count). The Morgan fingerprint density at radius 1 is 1.20 bits per heavy atom. The second-order valence-corrected chi connectivity index (χ2v) is 5.84. The zero-order chi connectivity index (χ0) is 15.1. The third-order valence-corrected chi connectivity index (χ3v) is 3.70. The first-order valence-electron chi connectivity index (χ1n) is 7.78. The van der Waals surface area contributed by atoms with Gasteiger partial charge in [-0.1, -0.05) is 33.8 Å². The summed E-state index contributed by atoms with van der Waals surface area (Å²) in [7, 11) is 0. The number of rotatable bonds is 8. The fourth-order valence-corrected chi connectivity index (χ4v) is 2.67. The zero-order valence-corrected chi connectivity index (χ0v) is 13.3. The molecule has 0 aliphatic carbocycles. The zero-order valence-electron chi connectivity index (χ0n) is 13.3. The second-order valence-electron chi connectivity index (χ2n) is 5.84. The summed E-state index contributed by atoms with van der Waals surface area (Å²) >= 11 is 0. The highest BCUT2D eigenvalue weighted by molar-refractivity contribution is 5.50. The molecule has 2 nitrogen and oxygen atoms in total. The molecule has 20 heavy (non-hydrogen) atoms. The van der Waals surface area contributed by atoms with Crippen LogP contribution in [-0.4, -0.2) is 19.1 Å². The van der Waals surface area contributed by atoms with Gasteiger partial charge in [-0.3, -0.25) is 0 Å². The van der Waals surface area contributed by atoms with Crippen LogP contribution in [-0.2, 0) is 6.42 Å². The maximum atomic E-state index is 14.4. The normalized spacial score (nSPS) is 11.4. The number of benzene rings is 1. The molecule has 3 heteroatoms. The van der Waals surface area contributed by atoms with Crippen molar-refractivity contribution in [1.29, 1.82) is 0 Å². The van der Waals surface area contributed by atoms with Crippen molar-refractivity contribution in [3.05, 3.63) is 29.6 Å². The van der Waals surface area contributed by atoms with Crippen LogP contribution >= 0.6 is 0 Å². The van der Waals surface area contributed by atoms with Gasteiger partial charge in [0.1, 0.15) is 5.82 Å².